The Balaban J connectivity index is 1.68. The Labute approximate surface area is 148 Å². The van der Waals surface area contributed by atoms with Crippen molar-refractivity contribution in [1.29, 1.82) is 0 Å². The van der Waals surface area contributed by atoms with Crippen LogP contribution in [-0.2, 0) is 19.1 Å². The highest BCUT2D eigenvalue weighted by atomic mass is 32.1. The monoisotopic (exact) mass is 356 g/mol. The van der Waals surface area contributed by atoms with Crippen LogP contribution < -0.4 is 10.2 Å². The molecule has 2 saturated heterocycles. The maximum absolute atomic E-state index is 12.2. The van der Waals surface area contributed by atoms with E-state index in [1.807, 2.05) is 28.5 Å². The normalized spacial score (nSPS) is 27.4. The smallest absolute Gasteiger partial charge is 0.347 e. The number of rotatable bonds is 1. The van der Waals surface area contributed by atoms with Gasteiger partial charge in [0.05, 0.1) is 11.6 Å². The summed E-state index contributed by atoms with van der Waals surface area (Å²) in [6.45, 7) is 2.11. The van der Waals surface area contributed by atoms with Gasteiger partial charge >= 0.3 is 17.8 Å². The number of benzene rings is 1. The zero-order chi connectivity index (χ0) is 17.0. The van der Waals surface area contributed by atoms with Crippen LogP contribution in [0, 0.1) is 11.8 Å². The molecule has 1 aromatic heterocycles. The van der Waals surface area contributed by atoms with Gasteiger partial charge < -0.3 is 14.8 Å². The first-order chi connectivity index (χ1) is 12.2. The molecule has 3 aliphatic heterocycles. The summed E-state index contributed by atoms with van der Waals surface area (Å²) in [5.41, 5.74) is 0.927. The molecule has 25 heavy (non-hydrogen) atoms. The zero-order valence-corrected chi connectivity index (χ0v) is 14.1. The molecule has 128 valence electrons. The Kier molecular flexibility index (Phi) is 3.17. The fourth-order valence-electron chi connectivity index (χ4n) is 4.17. The number of hydrogen-bond acceptors (Lipinski definition) is 7. The summed E-state index contributed by atoms with van der Waals surface area (Å²) in [7, 11) is 0. The van der Waals surface area contributed by atoms with Gasteiger partial charge in [-0.3, -0.25) is 4.90 Å². The van der Waals surface area contributed by atoms with E-state index in [0.717, 1.165) is 34.5 Å². The fourth-order valence-corrected chi connectivity index (χ4v) is 4.98. The number of esters is 2. The van der Waals surface area contributed by atoms with E-state index in [0.29, 0.717) is 13.1 Å². The van der Waals surface area contributed by atoms with Crippen LogP contribution in [0.1, 0.15) is 0 Å². The Morgan fingerprint density at radius 3 is 2.72 bits per heavy atom. The molecule has 7 heteroatoms. The van der Waals surface area contributed by atoms with E-state index in [9.17, 15) is 9.59 Å². The highest BCUT2D eigenvalue weighted by molar-refractivity contribution is 7.17. The van der Waals surface area contributed by atoms with Crippen molar-refractivity contribution >= 4 is 39.0 Å². The molecule has 2 atom stereocenters. The van der Waals surface area contributed by atoms with Gasteiger partial charge in [-0.15, -0.1) is 11.3 Å². The van der Waals surface area contributed by atoms with Gasteiger partial charge in [-0.25, -0.2) is 9.59 Å². The summed E-state index contributed by atoms with van der Waals surface area (Å²) in [4.78, 5) is 26.3. The predicted molar refractivity (Wildman–Crippen MR) is 93.1 cm³/mol. The van der Waals surface area contributed by atoms with Gasteiger partial charge in [0.2, 0.25) is 0 Å². The molecule has 2 aromatic rings. The minimum absolute atomic E-state index is 0.103. The molecule has 0 radical (unpaired) electrons. The predicted octanol–water partition coefficient (Wildman–Crippen LogP) is 1.87. The first-order valence-electron chi connectivity index (χ1n) is 8.26. The van der Waals surface area contributed by atoms with Gasteiger partial charge in [0.15, 0.2) is 0 Å². The summed E-state index contributed by atoms with van der Waals surface area (Å²) < 4.78 is 12.7. The van der Waals surface area contributed by atoms with Crippen molar-refractivity contribution in [2.24, 2.45) is 11.8 Å². The van der Waals surface area contributed by atoms with Crippen LogP contribution >= 0.6 is 11.3 Å². The van der Waals surface area contributed by atoms with Crippen molar-refractivity contribution in [3.63, 3.8) is 0 Å². The number of anilines is 1. The quantitative estimate of drug-likeness (QED) is 0.787. The van der Waals surface area contributed by atoms with Crippen molar-refractivity contribution in [3.05, 3.63) is 41.8 Å². The zero-order valence-electron chi connectivity index (χ0n) is 13.3. The highest BCUT2D eigenvalue weighted by Gasteiger charge is 2.62. The lowest BCUT2D eigenvalue weighted by atomic mass is 9.97. The van der Waals surface area contributed by atoms with Gasteiger partial charge in [0.1, 0.15) is 0 Å². The minimum Gasteiger partial charge on any atom is -0.400 e. The molecule has 4 heterocycles. The van der Waals surface area contributed by atoms with Crippen molar-refractivity contribution < 1.29 is 19.1 Å². The number of carbonyl (C=O) groups excluding carboxylic acids is 2. The van der Waals surface area contributed by atoms with Crippen LogP contribution in [-0.4, -0.2) is 37.5 Å². The Morgan fingerprint density at radius 2 is 1.92 bits per heavy atom. The lowest BCUT2D eigenvalue weighted by Crippen LogP contribution is -2.55. The van der Waals surface area contributed by atoms with Crippen LogP contribution in [0.5, 0.6) is 0 Å². The Morgan fingerprint density at radius 1 is 1.12 bits per heavy atom. The average molecular weight is 356 g/mol. The van der Waals surface area contributed by atoms with Crippen molar-refractivity contribution in [3.8, 4) is 0 Å². The molecule has 0 aliphatic carbocycles. The van der Waals surface area contributed by atoms with E-state index in [2.05, 4.69) is 11.4 Å². The minimum atomic E-state index is -1.40. The third-order valence-electron chi connectivity index (χ3n) is 5.21. The van der Waals surface area contributed by atoms with E-state index in [1.54, 1.807) is 11.3 Å². The molecule has 3 aliphatic rings. The summed E-state index contributed by atoms with van der Waals surface area (Å²) >= 11 is 1.66. The molecular weight excluding hydrogens is 340 g/mol. The van der Waals surface area contributed by atoms with Gasteiger partial charge in [0, 0.05) is 47.8 Å². The number of thiophene rings is 1. The van der Waals surface area contributed by atoms with Crippen LogP contribution in [0.25, 0.3) is 10.1 Å². The maximum Gasteiger partial charge on any atom is 0.347 e. The largest absolute Gasteiger partial charge is 0.400 e. The van der Waals surface area contributed by atoms with Crippen LogP contribution in [0.15, 0.2) is 41.8 Å². The number of nitrogens with zero attached hydrogens (tertiary/aromatic N) is 1. The molecule has 1 N–H and O–H groups in total. The van der Waals surface area contributed by atoms with Gasteiger partial charge in [-0.1, -0.05) is 6.07 Å². The topological polar surface area (TPSA) is 67.9 Å². The molecule has 1 aromatic carbocycles. The molecule has 2 unspecified atom stereocenters. The van der Waals surface area contributed by atoms with Crippen molar-refractivity contribution in [2.45, 2.75) is 5.91 Å². The molecule has 0 saturated carbocycles. The first-order valence-corrected chi connectivity index (χ1v) is 9.14. The van der Waals surface area contributed by atoms with Crippen molar-refractivity contribution in [1.82, 2.24) is 5.32 Å². The third kappa shape index (κ3) is 2.12. The lowest BCUT2D eigenvalue weighted by molar-refractivity contribution is -0.230. The van der Waals surface area contributed by atoms with Gasteiger partial charge in [-0.05, 0) is 23.6 Å². The van der Waals surface area contributed by atoms with Crippen LogP contribution in [0.3, 0.4) is 0 Å². The highest BCUT2D eigenvalue weighted by Crippen LogP contribution is 2.48. The maximum atomic E-state index is 12.2. The summed E-state index contributed by atoms with van der Waals surface area (Å²) in [5.74, 6) is -2.37. The number of ether oxygens (including phenoxy) is 2. The van der Waals surface area contributed by atoms with E-state index in [-0.39, 0.29) is 11.8 Å². The summed E-state index contributed by atoms with van der Waals surface area (Å²) in [6.07, 6.45) is 2.27. The van der Waals surface area contributed by atoms with E-state index in [4.69, 9.17) is 9.47 Å². The van der Waals surface area contributed by atoms with E-state index < -0.39 is 17.8 Å². The van der Waals surface area contributed by atoms with Gasteiger partial charge in [0.25, 0.3) is 0 Å². The molecule has 0 amide bonds. The number of nitrogens with one attached hydrogen (secondary N) is 1. The van der Waals surface area contributed by atoms with E-state index >= 15 is 0 Å². The molecule has 5 rings (SSSR count). The lowest BCUT2D eigenvalue weighted by Gasteiger charge is -2.39. The summed E-state index contributed by atoms with van der Waals surface area (Å²) in [5, 5.41) is 6.43. The van der Waals surface area contributed by atoms with Crippen molar-refractivity contribution in [2.75, 3.05) is 24.5 Å². The van der Waals surface area contributed by atoms with Crippen LogP contribution in [0.2, 0.25) is 0 Å². The Hall–Kier alpha value is -2.38. The Bertz CT molecular complexity index is 885. The molecule has 0 bridgehead atoms. The van der Waals surface area contributed by atoms with E-state index in [1.165, 1.54) is 0 Å². The second-order valence-corrected chi connectivity index (χ2v) is 7.50. The first kappa shape index (κ1) is 14.9. The number of carbonyl (C=O) groups is 2. The molecule has 2 fully saturated rings. The fraction of sp³-hybridized carbons (Fsp3) is 0.333. The molecule has 6 nitrogen and oxygen atoms in total. The van der Waals surface area contributed by atoms with Crippen LogP contribution in [0.4, 0.5) is 5.69 Å². The van der Waals surface area contributed by atoms with Gasteiger partial charge in [-0.2, -0.15) is 0 Å². The number of hydrogen-bond donors (Lipinski definition) is 1. The molecular formula is C18H16N2O4S. The second-order valence-electron chi connectivity index (χ2n) is 6.55. The SMILES string of the molecule is O=C1C=CC(=O)OC2(O1)C1CNCC1CN2c1cccc2sccc12. The third-order valence-corrected chi connectivity index (χ3v) is 6.10. The summed E-state index contributed by atoms with van der Waals surface area (Å²) in [6, 6.07) is 8.08. The standard InChI is InChI=1S/C18H16N2O4S/c21-16-4-5-17(22)24-18(23-16)13-9-19-8-11(13)10-20(18)14-2-1-3-15-12(14)6-7-25-15/h1-7,11,13,19H,8-10H2. The molecule has 1 spiro atoms. The second kappa shape index (κ2) is 5.31. The average Bonchev–Trinajstić information content (AvgIpc) is 3.28. The number of fused-ring (bicyclic) bond motifs is 3.